The third kappa shape index (κ3) is 6.54. The van der Waals surface area contributed by atoms with Crippen LogP contribution in [0.3, 0.4) is 0 Å². The molecule has 0 unspecified atom stereocenters. The second kappa shape index (κ2) is 11.8. The Hall–Kier alpha value is -1.42. The first kappa shape index (κ1) is 24.8. The van der Waals surface area contributed by atoms with Gasteiger partial charge in [-0.15, -0.1) is 0 Å². The zero-order valence-electron chi connectivity index (χ0n) is 17.6. The molecule has 2 heterocycles. The standard InChI is InChI=1S/C20H32N2O6S2/c1-13-5-3-7-15(19(25)26)21(13)17(23)9-11-29-30-12-10-18(24)22-14(2)6-4-8-16(22)20(27)28/h13-16H,3-12H2,1-2H3,(H,25,26)(H,27,28)/t13-,14+,15-,16-/m1/s1. The summed E-state index contributed by atoms with van der Waals surface area (Å²) in [7, 11) is 2.98. The van der Waals surface area contributed by atoms with Gasteiger partial charge in [0.1, 0.15) is 12.1 Å². The Morgan fingerprint density at radius 2 is 1.10 bits per heavy atom. The van der Waals surface area contributed by atoms with Gasteiger partial charge in [-0.1, -0.05) is 21.6 Å². The molecule has 0 aromatic carbocycles. The fourth-order valence-electron chi connectivity index (χ4n) is 4.34. The summed E-state index contributed by atoms with van der Waals surface area (Å²) in [5.74, 6) is -1.06. The first-order chi connectivity index (χ1) is 14.2. The van der Waals surface area contributed by atoms with E-state index in [-0.39, 0.29) is 36.7 Å². The largest absolute Gasteiger partial charge is 0.480 e. The summed E-state index contributed by atoms with van der Waals surface area (Å²) in [5.41, 5.74) is 0. The molecule has 0 aromatic heterocycles. The summed E-state index contributed by atoms with van der Waals surface area (Å²) in [6, 6.07) is -1.58. The number of rotatable bonds is 9. The molecule has 2 aliphatic heterocycles. The summed E-state index contributed by atoms with van der Waals surface area (Å²) in [6.07, 6.45) is 4.83. The van der Waals surface area contributed by atoms with Crippen molar-refractivity contribution in [2.75, 3.05) is 11.5 Å². The monoisotopic (exact) mass is 460 g/mol. The van der Waals surface area contributed by atoms with Crippen molar-refractivity contribution >= 4 is 45.3 Å². The van der Waals surface area contributed by atoms with Crippen LogP contribution in [0.2, 0.25) is 0 Å². The predicted octanol–water partition coefficient (Wildman–Crippen LogP) is 2.86. The molecular weight excluding hydrogens is 428 g/mol. The van der Waals surface area contributed by atoms with Crippen LogP contribution < -0.4 is 0 Å². The van der Waals surface area contributed by atoms with Crippen LogP contribution in [0.5, 0.6) is 0 Å². The van der Waals surface area contributed by atoms with Gasteiger partial charge < -0.3 is 20.0 Å². The van der Waals surface area contributed by atoms with Gasteiger partial charge >= 0.3 is 11.9 Å². The second-order valence-electron chi connectivity index (χ2n) is 8.01. The van der Waals surface area contributed by atoms with Crippen LogP contribution in [0.1, 0.15) is 65.2 Å². The smallest absolute Gasteiger partial charge is 0.326 e. The molecule has 0 bridgehead atoms. The Balaban J connectivity index is 1.71. The van der Waals surface area contributed by atoms with Crippen molar-refractivity contribution in [3.8, 4) is 0 Å². The molecule has 2 amide bonds. The highest BCUT2D eigenvalue weighted by atomic mass is 33.1. The second-order valence-corrected chi connectivity index (χ2v) is 10.7. The van der Waals surface area contributed by atoms with Gasteiger partial charge in [0.2, 0.25) is 11.8 Å². The number of carboxylic acid groups (broad SMARTS) is 2. The molecule has 0 spiro atoms. The van der Waals surface area contributed by atoms with Crippen molar-refractivity contribution in [1.82, 2.24) is 9.80 Å². The highest BCUT2D eigenvalue weighted by molar-refractivity contribution is 8.76. The fraction of sp³-hybridized carbons (Fsp3) is 0.800. The zero-order valence-corrected chi connectivity index (χ0v) is 19.3. The number of likely N-dealkylation sites (tertiary alicyclic amines) is 2. The average Bonchev–Trinajstić information content (AvgIpc) is 2.69. The molecular formula is C20H32N2O6S2. The Labute approximate surface area is 185 Å². The van der Waals surface area contributed by atoms with E-state index in [0.717, 1.165) is 25.7 Å². The number of hydrogen-bond donors (Lipinski definition) is 2. The van der Waals surface area contributed by atoms with E-state index in [9.17, 15) is 29.4 Å². The molecule has 2 fully saturated rings. The molecule has 2 N–H and O–H groups in total. The third-order valence-electron chi connectivity index (χ3n) is 5.85. The van der Waals surface area contributed by atoms with Crippen molar-refractivity contribution in [1.29, 1.82) is 0 Å². The first-order valence-electron chi connectivity index (χ1n) is 10.6. The molecule has 30 heavy (non-hydrogen) atoms. The molecule has 2 aliphatic rings. The van der Waals surface area contributed by atoms with Crippen LogP contribution in [0.15, 0.2) is 0 Å². The van der Waals surface area contributed by atoms with E-state index < -0.39 is 24.0 Å². The molecule has 0 radical (unpaired) electrons. The average molecular weight is 461 g/mol. The van der Waals surface area contributed by atoms with E-state index in [1.807, 2.05) is 13.8 Å². The van der Waals surface area contributed by atoms with Crippen LogP contribution in [0.4, 0.5) is 0 Å². The van der Waals surface area contributed by atoms with E-state index in [1.165, 1.54) is 31.4 Å². The molecule has 2 saturated heterocycles. The summed E-state index contributed by atoms with van der Waals surface area (Å²) in [6.45, 7) is 3.79. The number of carbonyl (C=O) groups is 4. The molecule has 0 aliphatic carbocycles. The van der Waals surface area contributed by atoms with Gasteiger partial charge in [-0.3, -0.25) is 9.59 Å². The van der Waals surface area contributed by atoms with E-state index in [1.54, 1.807) is 0 Å². The maximum atomic E-state index is 12.5. The van der Waals surface area contributed by atoms with Gasteiger partial charge in [0.25, 0.3) is 0 Å². The third-order valence-corrected chi connectivity index (χ3v) is 8.26. The van der Waals surface area contributed by atoms with Crippen LogP contribution in [-0.2, 0) is 19.2 Å². The fourth-order valence-corrected chi connectivity index (χ4v) is 6.30. The van der Waals surface area contributed by atoms with Crippen LogP contribution in [0, 0.1) is 0 Å². The predicted molar refractivity (Wildman–Crippen MR) is 117 cm³/mol. The number of nitrogens with zero attached hydrogens (tertiary/aromatic N) is 2. The highest BCUT2D eigenvalue weighted by Gasteiger charge is 2.36. The molecule has 8 nitrogen and oxygen atoms in total. The van der Waals surface area contributed by atoms with Crippen LogP contribution >= 0.6 is 21.6 Å². The number of piperidine rings is 2. The lowest BCUT2D eigenvalue weighted by molar-refractivity contribution is -0.154. The van der Waals surface area contributed by atoms with Crippen molar-refractivity contribution in [3.63, 3.8) is 0 Å². The molecule has 10 heteroatoms. The summed E-state index contributed by atoms with van der Waals surface area (Å²) in [4.78, 5) is 51.0. The number of carboxylic acids is 2. The van der Waals surface area contributed by atoms with Crippen LogP contribution in [0.25, 0.3) is 0 Å². The summed E-state index contributed by atoms with van der Waals surface area (Å²) >= 11 is 0. The van der Waals surface area contributed by atoms with E-state index in [2.05, 4.69) is 0 Å². The van der Waals surface area contributed by atoms with E-state index in [4.69, 9.17) is 0 Å². The van der Waals surface area contributed by atoms with Gasteiger partial charge in [-0.05, 0) is 52.4 Å². The number of aliphatic carboxylic acids is 2. The number of amides is 2. The quantitative estimate of drug-likeness (QED) is 0.399. The van der Waals surface area contributed by atoms with Gasteiger partial charge in [0.05, 0.1) is 0 Å². The maximum absolute atomic E-state index is 12.5. The lowest BCUT2D eigenvalue weighted by atomic mass is 9.96. The normalized spacial score (nSPS) is 27.0. The highest BCUT2D eigenvalue weighted by Crippen LogP contribution is 2.28. The van der Waals surface area contributed by atoms with Crippen LogP contribution in [-0.4, -0.2) is 79.4 Å². The van der Waals surface area contributed by atoms with E-state index in [0.29, 0.717) is 24.3 Å². The van der Waals surface area contributed by atoms with E-state index >= 15 is 0 Å². The Bertz CT molecular complexity index is 593. The minimum Gasteiger partial charge on any atom is -0.480 e. The van der Waals surface area contributed by atoms with Crippen molar-refractivity contribution in [2.45, 2.75) is 89.4 Å². The van der Waals surface area contributed by atoms with Crippen molar-refractivity contribution in [2.24, 2.45) is 0 Å². The Morgan fingerprint density at radius 1 is 0.733 bits per heavy atom. The Morgan fingerprint density at radius 3 is 1.43 bits per heavy atom. The SMILES string of the molecule is C[C@@H]1CCC[C@H](C(=O)O)N1C(=O)CCSSCCC(=O)N1[C@@H](C(=O)O)CCC[C@@H]1C. The summed E-state index contributed by atoms with van der Waals surface area (Å²) in [5, 5.41) is 18.7. The lowest BCUT2D eigenvalue weighted by Crippen LogP contribution is -2.52. The minimum atomic E-state index is -0.943. The van der Waals surface area contributed by atoms with Gasteiger partial charge in [-0.25, -0.2) is 9.59 Å². The minimum absolute atomic E-state index is 0.0589. The van der Waals surface area contributed by atoms with Gasteiger partial charge in [0.15, 0.2) is 0 Å². The van der Waals surface area contributed by atoms with Gasteiger partial charge in [-0.2, -0.15) is 0 Å². The van der Waals surface area contributed by atoms with Crippen molar-refractivity contribution in [3.05, 3.63) is 0 Å². The number of hydrogen-bond acceptors (Lipinski definition) is 6. The van der Waals surface area contributed by atoms with Crippen molar-refractivity contribution < 1.29 is 29.4 Å². The molecule has 0 aromatic rings. The summed E-state index contributed by atoms with van der Waals surface area (Å²) < 4.78 is 0. The molecule has 2 rings (SSSR count). The lowest BCUT2D eigenvalue weighted by Gasteiger charge is -2.38. The molecule has 0 saturated carbocycles. The Kier molecular flexibility index (Phi) is 9.80. The molecule has 170 valence electrons. The number of carbonyl (C=O) groups excluding carboxylic acids is 2. The first-order valence-corrected chi connectivity index (χ1v) is 13.0. The maximum Gasteiger partial charge on any atom is 0.326 e. The zero-order chi connectivity index (χ0) is 22.3. The van der Waals surface area contributed by atoms with Gasteiger partial charge in [0, 0.05) is 36.4 Å². The topological polar surface area (TPSA) is 115 Å². The molecule has 4 atom stereocenters.